The molecule has 8 aromatic carbocycles. The van der Waals surface area contributed by atoms with Gasteiger partial charge in [0.25, 0.3) is 0 Å². The topological polar surface area (TPSA) is 105 Å². The summed E-state index contributed by atoms with van der Waals surface area (Å²) in [5.41, 5.74) is 11.7. The average molecular weight is 974 g/mol. The van der Waals surface area contributed by atoms with Gasteiger partial charge in [0.15, 0.2) is 0 Å². The van der Waals surface area contributed by atoms with Crippen LogP contribution in [0.1, 0.15) is 80.0 Å². The number of aromatic carboxylic acids is 2. The van der Waals surface area contributed by atoms with Crippen LogP contribution in [0.25, 0.3) is 21.5 Å². The number of rotatable bonds is 12. The minimum atomic E-state index is -0.883. The van der Waals surface area contributed by atoms with Crippen molar-refractivity contribution >= 4 is 81.0 Å². The number of nitrogens with zero attached hydrogens (tertiary/aromatic N) is 2. The largest absolute Gasteiger partial charge is 0.478 e. The van der Waals surface area contributed by atoms with E-state index in [1.165, 1.54) is 55.2 Å². The molecule has 360 valence electrons. The quantitative estimate of drug-likeness (QED) is 0.0960. The zero-order chi connectivity index (χ0) is 47.3. The van der Waals surface area contributed by atoms with Crippen LogP contribution in [0.3, 0.4) is 0 Å². The Balaban J connectivity index is 0.000000201. The third-order valence-corrected chi connectivity index (χ3v) is 14.0. The van der Waals surface area contributed by atoms with Gasteiger partial charge in [0.05, 0.1) is 11.1 Å². The molecule has 0 aromatic heterocycles. The number of carboxylic acids is 2. The molecule has 0 spiro atoms. The lowest BCUT2D eigenvalue weighted by molar-refractivity contribution is 0.0685. The molecule has 10 heteroatoms. The first kappa shape index (κ1) is 51.2. The molecule has 0 radical (unpaired) electrons. The van der Waals surface area contributed by atoms with Gasteiger partial charge in [-0.2, -0.15) is 0 Å². The first-order chi connectivity index (χ1) is 33.0. The molecule has 2 aliphatic rings. The minimum Gasteiger partial charge on any atom is -0.478 e. The summed E-state index contributed by atoms with van der Waals surface area (Å²) in [6.45, 7) is 11.6. The highest BCUT2D eigenvalue weighted by atomic mass is 35.5. The van der Waals surface area contributed by atoms with Crippen LogP contribution >= 0.6 is 24.8 Å². The Hall–Kier alpha value is -6.68. The number of fused-ring (bicyclic) bond motifs is 4. The molecule has 0 saturated carbocycles. The smallest absolute Gasteiger partial charge is 0.336 e. The molecule has 0 aliphatic carbocycles. The normalized spacial score (nSPS) is 15.8. The van der Waals surface area contributed by atoms with E-state index in [-0.39, 0.29) is 36.9 Å². The van der Waals surface area contributed by atoms with Crippen LogP contribution in [-0.4, -0.2) is 48.3 Å². The summed E-state index contributed by atoms with van der Waals surface area (Å²) in [7, 11) is 0. The van der Waals surface area contributed by atoms with Crippen LogP contribution in [0.15, 0.2) is 170 Å². The Morgan fingerprint density at radius 2 is 0.886 bits per heavy atom. The SMILES string of the molecule is Cc1ccc(N2C[C@@H](CN[C@H](C)c3cccc4ccccc34)Cc3ccccc32)cc1C(=O)O.Cc1ccc(N2C[C@H](CN[C@H](C)c3cccc4ccccc34)Cc3ccccc32)cc1C(=O)O.Cl.Cl. The Kier molecular flexibility index (Phi) is 16.7. The molecule has 4 atom stereocenters. The second-order valence-corrected chi connectivity index (χ2v) is 18.6. The number of anilines is 4. The summed E-state index contributed by atoms with van der Waals surface area (Å²) in [6, 6.07) is 59.0. The molecule has 4 N–H and O–H groups in total. The molecule has 8 aromatic rings. The van der Waals surface area contributed by atoms with Gasteiger partial charge in [0.2, 0.25) is 0 Å². The number of carboxylic acid groups (broad SMARTS) is 2. The number of carbonyl (C=O) groups is 2. The lowest BCUT2D eigenvalue weighted by Gasteiger charge is -2.37. The molecule has 0 saturated heterocycles. The van der Waals surface area contributed by atoms with Crippen LogP contribution < -0.4 is 20.4 Å². The fraction of sp³-hybridized carbons (Fsp3) is 0.233. The van der Waals surface area contributed by atoms with E-state index in [0.29, 0.717) is 23.0 Å². The summed E-state index contributed by atoms with van der Waals surface area (Å²) < 4.78 is 0. The average Bonchev–Trinajstić information content (AvgIpc) is 3.36. The second-order valence-electron chi connectivity index (χ2n) is 18.6. The third kappa shape index (κ3) is 11.2. The lowest BCUT2D eigenvalue weighted by atomic mass is 9.91. The van der Waals surface area contributed by atoms with Gasteiger partial charge in [0.1, 0.15) is 0 Å². The second kappa shape index (κ2) is 22.8. The highest BCUT2D eigenvalue weighted by Crippen LogP contribution is 2.38. The Bertz CT molecular complexity index is 2900. The van der Waals surface area contributed by atoms with Crippen LogP contribution in [0.5, 0.6) is 0 Å². The van der Waals surface area contributed by atoms with Crippen molar-refractivity contribution in [2.45, 2.75) is 52.6 Å². The van der Waals surface area contributed by atoms with E-state index in [4.69, 9.17) is 0 Å². The van der Waals surface area contributed by atoms with Gasteiger partial charge < -0.3 is 30.6 Å². The fourth-order valence-electron chi connectivity index (χ4n) is 10.3. The molecule has 8 nitrogen and oxygen atoms in total. The lowest BCUT2D eigenvalue weighted by Crippen LogP contribution is -2.38. The van der Waals surface area contributed by atoms with Gasteiger partial charge in [-0.25, -0.2) is 9.59 Å². The first-order valence-electron chi connectivity index (χ1n) is 23.8. The molecule has 0 fully saturated rings. The predicted molar refractivity (Wildman–Crippen MR) is 293 cm³/mol. The standard InChI is InChI=1S/2C30H30N2O2.2ClH/c2*1-20-14-15-25(17-28(20)30(33)34)32-19-22(16-24-9-4-6-13-29(24)32)18-31-21(2)26-12-7-10-23-8-3-5-11-27(23)26;;/h2*3-15,17,21-22,31H,16,18-19H2,1-2H3,(H,33,34);2*1H/t21-,22+;21-,22-;;/m11../s1. The fourth-order valence-corrected chi connectivity index (χ4v) is 10.3. The maximum absolute atomic E-state index is 11.7. The maximum Gasteiger partial charge on any atom is 0.336 e. The Morgan fingerprint density at radius 3 is 1.30 bits per heavy atom. The van der Waals surface area contributed by atoms with E-state index >= 15 is 0 Å². The Morgan fingerprint density at radius 1 is 0.514 bits per heavy atom. The van der Waals surface area contributed by atoms with E-state index in [1.54, 1.807) is 0 Å². The number of aryl methyl sites for hydroxylation is 2. The number of benzene rings is 8. The molecular weight excluding hydrogens is 912 g/mol. The molecule has 0 bridgehead atoms. The molecule has 2 aliphatic heterocycles. The third-order valence-electron chi connectivity index (χ3n) is 14.0. The molecular formula is C60H62Cl2N4O4. The van der Waals surface area contributed by atoms with Crippen molar-refractivity contribution in [3.8, 4) is 0 Å². The van der Waals surface area contributed by atoms with Gasteiger partial charge in [0, 0.05) is 61.0 Å². The van der Waals surface area contributed by atoms with Crippen LogP contribution in [0, 0.1) is 25.7 Å². The van der Waals surface area contributed by atoms with Gasteiger partial charge in [-0.05, 0) is 144 Å². The van der Waals surface area contributed by atoms with Crippen LogP contribution in [0.2, 0.25) is 0 Å². The minimum absolute atomic E-state index is 0. The highest BCUT2D eigenvalue weighted by Gasteiger charge is 2.28. The highest BCUT2D eigenvalue weighted by molar-refractivity contribution is 5.92. The van der Waals surface area contributed by atoms with Gasteiger partial charge in [-0.3, -0.25) is 0 Å². The molecule has 0 unspecified atom stereocenters. The number of para-hydroxylation sites is 2. The molecule has 0 amide bonds. The van der Waals surface area contributed by atoms with E-state index in [0.717, 1.165) is 61.5 Å². The van der Waals surface area contributed by atoms with Crippen molar-refractivity contribution in [1.29, 1.82) is 0 Å². The van der Waals surface area contributed by atoms with Crippen molar-refractivity contribution in [2.75, 3.05) is 36.0 Å². The van der Waals surface area contributed by atoms with Gasteiger partial charge in [-0.1, -0.05) is 133 Å². The monoisotopic (exact) mass is 972 g/mol. The van der Waals surface area contributed by atoms with Crippen LogP contribution in [0.4, 0.5) is 22.7 Å². The van der Waals surface area contributed by atoms with Crippen molar-refractivity contribution in [3.63, 3.8) is 0 Å². The summed E-state index contributed by atoms with van der Waals surface area (Å²) in [6.07, 6.45) is 2.00. The van der Waals surface area contributed by atoms with Crippen molar-refractivity contribution in [3.05, 3.63) is 214 Å². The van der Waals surface area contributed by atoms with E-state index in [2.05, 4.69) is 168 Å². The molecule has 2 heterocycles. The summed E-state index contributed by atoms with van der Waals surface area (Å²) in [5, 5.41) is 31.9. The van der Waals surface area contributed by atoms with Gasteiger partial charge >= 0.3 is 11.9 Å². The zero-order valence-electron chi connectivity index (χ0n) is 40.1. The maximum atomic E-state index is 11.7. The predicted octanol–water partition coefficient (Wildman–Crippen LogP) is 13.9. The summed E-state index contributed by atoms with van der Waals surface area (Å²) in [5.74, 6) is -0.956. The van der Waals surface area contributed by atoms with Crippen LogP contribution in [-0.2, 0) is 12.8 Å². The number of nitrogens with one attached hydrogen (secondary N) is 2. The zero-order valence-corrected chi connectivity index (χ0v) is 41.8. The number of hydrogen-bond donors (Lipinski definition) is 4. The van der Waals surface area contributed by atoms with Crippen molar-refractivity contribution < 1.29 is 19.8 Å². The summed E-state index contributed by atoms with van der Waals surface area (Å²) in [4.78, 5) is 28.0. The molecule has 10 rings (SSSR count). The van der Waals surface area contributed by atoms with Gasteiger partial charge in [-0.15, -0.1) is 24.8 Å². The van der Waals surface area contributed by atoms with Crippen molar-refractivity contribution in [2.24, 2.45) is 11.8 Å². The number of hydrogen-bond acceptors (Lipinski definition) is 6. The van der Waals surface area contributed by atoms with E-state index < -0.39 is 11.9 Å². The molecule has 70 heavy (non-hydrogen) atoms. The Labute approximate surface area is 424 Å². The summed E-state index contributed by atoms with van der Waals surface area (Å²) >= 11 is 0. The van der Waals surface area contributed by atoms with Crippen molar-refractivity contribution in [1.82, 2.24) is 10.6 Å². The van der Waals surface area contributed by atoms with E-state index in [9.17, 15) is 19.8 Å². The van der Waals surface area contributed by atoms with E-state index in [1.807, 2.05) is 50.2 Å². The number of halogens is 2. The first-order valence-corrected chi connectivity index (χ1v) is 23.8.